The number of imide groups is 1. The summed E-state index contributed by atoms with van der Waals surface area (Å²) in [5.41, 5.74) is 2.83. The standard InChI is InChI=1S/C19H22ClN5O3/c1-11-5-6-13(20)9-14(11)25-12(2)10-24-15-16(21-18(24)25)22(3)19(28)23(17(15)27)7-4-8-26/h5-6,9-10,15-16,26H,4,7-8H2,1-3H3. The van der Waals surface area contributed by atoms with Crippen molar-refractivity contribution in [1.29, 1.82) is 0 Å². The number of carbonyl (C=O) groups is 2. The van der Waals surface area contributed by atoms with Crippen molar-refractivity contribution in [2.75, 3.05) is 25.1 Å². The molecule has 1 aromatic rings. The van der Waals surface area contributed by atoms with Crippen LogP contribution in [0, 0.1) is 6.92 Å². The first-order chi connectivity index (χ1) is 13.3. The average molecular weight is 404 g/mol. The fourth-order valence-corrected chi connectivity index (χ4v) is 4.08. The maximum atomic E-state index is 13.1. The normalized spacial score (nSPS) is 23.9. The largest absolute Gasteiger partial charge is 0.396 e. The van der Waals surface area contributed by atoms with Crippen molar-refractivity contribution in [3.63, 3.8) is 0 Å². The molecule has 0 bridgehead atoms. The molecule has 1 saturated heterocycles. The number of urea groups is 1. The third-order valence-electron chi connectivity index (χ3n) is 5.34. The van der Waals surface area contributed by atoms with Crippen LogP contribution in [0.2, 0.25) is 5.02 Å². The van der Waals surface area contributed by atoms with Gasteiger partial charge in [-0.3, -0.25) is 14.6 Å². The van der Waals surface area contributed by atoms with Gasteiger partial charge >= 0.3 is 6.03 Å². The number of aliphatic imine (C=N–C) groups is 1. The Labute approximate surface area is 168 Å². The number of aliphatic hydroxyl groups is 1. The van der Waals surface area contributed by atoms with E-state index in [4.69, 9.17) is 21.7 Å². The molecule has 0 spiro atoms. The number of benzene rings is 1. The summed E-state index contributed by atoms with van der Waals surface area (Å²) in [6.45, 7) is 4.04. The minimum absolute atomic E-state index is 0.0822. The van der Waals surface area contributed by atoms with Gasteiger partial charge in [0.1, 0.15) is 0 Å². The van der Waals surface area contributed by atoms with Gasteiger partial charge in [0.25, 0.3) is 5.91 Å². The van der Waals surface area contributed by atoms with Crippen LogP contribution in [0.4, 0.5) is 10.5 Å². The number of rotatable bonds is 4. The summed E-state index contributed by atoms with van der Waals surface area (Å²) in [6.07, 6.45) is 1.64. The van der Waals surface area contributed by atoms with E-state index in [2.05, 4.69) is 0 Å². The number of halogens is 1. The van der Waals surface area contributed by atoms with Crippen molar-refractivity contribution in [3.8, 4) is 0 Å². The van der Waals surface area contributed by atoms with E-state index in [1.54, 1.807) is 7.05 Å². The van der Waals surface area contributed by atoms with Crippen LogP contribution in [0.25, 0.3) is 0 Å². The predicted molar refractivity (Wildman–Crippen MR) is 106 cm³/mol. The molecule has 1 aromatic carbocycles. The highest BCUT2D eigenvalue weighted by Gasteiger charge is 2.54. The van der Waals surface area contributed by atoms with Gasteiger partial charge in [0, 0.05) is 37.1 Å². The Morgan fingerprint density at radius 1 is 1.25 bits per heavy atom. The molecule has 8 nitrogen and oxygen atoms in total. The zero-order valence-corrected chi connectivity index (χ0v) is 16.7. The topological polar surface area (TPSA) is 79.7 Å². The summed E-state index contributed by atoms with van der Waals surface area (Å²) in [6, 6.07) is 4.63. The van der Waals surface area contributed by atoms with Crippen LogP contribution in [-0.4, -0.2) is 70.1 Å². The van der Waals surface area contributed by atoms with Gasteiger partial charge in [0.05, 0.1) is 5.69 Å². The highest BCUT2D eigenvalue weighted by Crippen LogP contribution is 2.38. The Kier molecular flexibility index (Phi) is 4.55. The quantitative estimate of drug-likeness (QED) is 0.831. The summed E-state index contributed by atoms with van der Waals surface area (Å²) in [5.74, 6) is 0.309. The zero-order valence-electron chi connectivity index (χ0n) is 16.0. The molecule has 0 saturated carbocycles. The van der Waals surface area contributed by atoms with E-state index < -0.39 is 18.2 Å². The Hall–Kier alpha value is -2.58. The van der Waals surface area contributed by atoms with Gasteiger partial charge in [-0.2, -0.15) is 0 Å². The molecule has 3 heterocycles. The third kappa shape index (κ3) is 2.67. The van der Waals surface area contributed by atoms with Gasteiger partial charge < -0.3 is 14.9 Å². The fraction of sp³-hybridized carbons (Fsp3) is 0.421. The number of likely N-dealkylation sites (N-methyl/N-ethyl adjacent to an activating group) is 1. The second-order valence-electron chi connectivity index (χ2n) is 7.19. The predicted octanol–water partition coefficient (Wildman–Crippen LogP) is 1.97. The number of guanidine groups is 1. The zero-order chi connectivity index (χ0) is 20.2. The van der Waals surface area contributed by atoms with E-state index in [1.807, 2.05) is 48.0 Å². The number of fused-ring (bicyclic) bond motifs is 3. The Balaban J connectivity index is 1.72. The van der Waals surface area contributed by atoms with E-state index in [0.717, 1.165) is 16.9 Å². The number of nitrogens with zero attached hydrogens (tertiary/aromatic N) is 5. The highest BCUT2D eigenvalue weighted by molar-refractivity contribution is 6.31. The van der Waals surface area contributed by atoms with Crippen molar-refractivity contribution in [1.82, 2.24) is 14.7 Å². The second-order valence-corrected chi connectivity index (χ2v) is 7.63. The van der Waals surface area contributed by atoms with Crippen molar-refractivity contribution < 1.29 is 14.7 Å². The molecular weight excluding hydrogens is 382 g/mol. The van der Waals surface area contributed by atoms with Crippen LogP contribution in [0.5, 0.6) is 0 Å². The SMILES string of the molecule is CC1=CN2C(=NC3C2C(=O)N(CCCO)C(=O)N3C)N1c1cc(Cl)ccc1C. The van der Waals surface area contributed by atoms with Gasteiger partial charge in [-0.25, -0.2) is 9.79 Å². The first-order valence-corrected chi connectivity index (χ1v) is 9.53. The van der Waals surface area contributed by atoms with E-state index in [0.29, 0.717) is 17.4 Å². The Morgan fingerprint density at radius 3 is 2.71 bits per heavy atom. The number of aryl methyl sites for hydroxylation is 1. The van der Waals surface area contributed by atoms with Gasteiger partial charge in [0.15, 0.2) is 12.2 Å². The van der Waals surface area contributed by atoms with Crippen LogP contribution in [0.1, 0.15) is 18.9 Å². The minimum atomic E-state index is -0.615. The van der Waals surface area contributed by atoms with E-state index in [9.17, 15) is 9.59 Å². The molecule has 2 atom stereocenters. The highest BCUT2D eigenvalue weighted by atomic mass is 35.5. The average Bonchev–Trinajstić information content (AvgIpc) is 3.17. The van der Waals surface area contributed by atoms with Crippen LogP contribution in [0.3, 0.4) is 0 Å². The lowest BCUT2D eigenvalue weighted by molar-refractivity contribution is -0.136. The lowest BCUT2D eigenvalue weighted by Crippen LogP contribution is -2.64. The number of hydrogen-bond acceptors (Lipinski definition) is 6. The van der Waals surface area contributed by atoms with Crippen molar-refractivity contribution >= 4 is 35.2 Å². The molecule has 3 aliphatic heterocycles. The molecule has 1 N–H and O–H groups in total. The first kappa shape index (κ1) is 18.8. The summed E-state index contributed by atoms with van der Waals surface area (Å²) >= 11 is 6.21. The molecule has 3 aliphatic rings. The van der Waals surface area contributed by atoms with Gasteiger partial charge in [0.2, 0.25) is 5.96 Å². The fourth-order valence-electron chi connectivity index (χ4n) is 3.91. The van der Waals surface area contributed by atoms with Crippen LogP contribution in [-0.2, 0) is 4.79 Å². The van der Waals surface area contributed by atoms with Crippen molar-refractivity contribution in [2.45, 2.75) is 32.5 Å². The molecule has 28 heavy (non-hydrogen) atoms. The second kappa shape index (κ2) is 6.79. The van der Waals surface area contributed by atoms with Gasteiger partial charge in [-0.15, -0.1) is 0 Å². The molecule has 3 amide bonds. The van der Waals surface area contributed by atoms with E-state index >= 15 is 0 Å². The lowest BCUT2D eigenvalue weighted by atomic mass is 10.1. The molecule has 0 aromatic heterocycles. The van der Waals surface area contributed by atoms with Crippen LogP contribution in [0.15, 0.2) is 35.1 Å². The molecule has 2 unspecified atom stereocenters. The van der Waals surface area contributed by atoms with E-state index in [1.165, 1.54) is 9.80 Å². The summed E-state index contributed by atoms with van der Waals surface area (Å²) < 4.78 is 0. The minimum Gasteiger partial charge on any atom is -0.396 e. The number of amides is 3. The lowest BCUT2D eigenvalue weighted by Gasteiger charge is -2.40. The monoisotopic (exact) mass is 403 g/mol. The first-order valence-electron chi connectivity index (χ1n) is 9.15. The number of aliphatic hydroxyl groups excluding tert-OH is 1. The number of allylic oxidation sites excluding steroid dienone is 1. The van der Waals surface area contributed by atoms with Crippen molar-refractivity contribution in [3.05, 3.63) is 40.7 Å². The molecule has 0 radical (unpaired) electrons. The summed E-state index contributed by atoms with van der Waals surface area (Å²) in [4.78, 5) is 36.9. The number of anilines is 1. The summed E-state index contributed by atoms with van der Waals surface area (Å²) in [5, 5.41) is 9.71. The number of carbonyl (C=O) groups excluding carboxylic acids is 2. The van der Waals surface area contributed by atoms with Crippen LogP contribution >= 0.6 is 11.6 Å². The van der Waals surface area contributed by atoms with Gasteiger partial charge in [-0.05, 0) is 38.0 Å². The van der Waals surface area contributed by atoms with Crippen LogP contribution < -0.4 is 4.90 Å². The number of hydrogen-bond donors (Lipinski definition) is 1. The molecule has 148 valence electrons. The molecule has 9 heteroatoms. The smallest absolute Gasteiger partial charge is 0.328 e. The molecule has 0 aliphatic carbocycles. The molecule has 4 rings (SSSR count). The third-order valence-corrected chi connectivity index (χ3v) is 5.57. The van der Waals surface area contributed by atoms with Crippen molar-refractivity contribution in [2.24, 2.45) is 4.99 Å². The van der Waals surface area contributed by atoms with E-state index in [-0.39, 0.29) is 19.1 Å². The Bertz CT molecular complexity index is 915. The maximum absolute atomic E-state index is 13.1. The Morgan fingerprint density at radius 2 is 2.00 bits per heavy atom. The van der Waals surface area contributed by atoms with Gasteiger partial charge in [-0.1, -0.05) is 17.7 Å². The maximum Gasteiger partial charge on any atom is 0.328 e. The molecule has 1 fully saturated rings. The molecular formula is C19H22ClN5O3. The summed E-state index contributed by atoms with van der Waals surface area (Å²) in [7, 11) is 1.65.